The monoisotopic (exact) mass is 521 g/mol. The first-order valence-corrected chi connectivity index (χ1v) is 12.6. The van der Waals surface area contributed by atoms with Gasteiger partial charge in [0.25, 0.3) is 0 Å². The second-order valence-electron chi connectivity index (χ2n) is 9.27. The van der Waals surface area contributed by atoms with Gasteiger partial charge in [-0.2, -0.15) is 0 Å². The molecule has 3 aliphatic carbocycles. The van der Waals surface area contributed by atoms with E-state index in [1.165, 1.54) is 36.5 Å². The predicted molar refractivity (Wildman–Crippen MR) is 136 cm³/mol. The molecule has 3 rings (SSSR count). The predicted octanol–water partition coefficient (Wildman–Crippen LogP) is 0.0350. The maximum atomic E-state index is 10.4. The average Bonchev–Trinajstić information content (AvgIpc) is 2.87. The molecule has 0 radical (unpaired) electrons. The number of allylic oxidation sites excluding steroid dienone is 6. The van der Waals surface area contributed by atoms with Gasteiger partial charge in [-0.25, -0.2) is 0 Å². The summed E-state index contributed by atoms with van der Waals surface area (Å²) in [6.45, 7) is 2.45. The Hall–Kier alpha value is -1.96. The lowest BCUT2D eigenvalue weighted by Gasteiger charge is -2.32. The minimum Gasteiger partial charge on any atom is -0.383 e. The summed E-state index contributed by atoms with van der Waals surface area (Å²) in [6.07, 6.45) is 16.6. The van der Waals surface area contributed by atoms with Gasteiger partial charge in [-0.1, -0.05) is 54.7 Å². The molecule has 37 heavy (non-hydrogen) atoms. The van der Waals surface area contributed by atoms with Gasteiger partial charge >= 0.3 is 0 Å². The van der Waals surface area contributed by atoms with Gasteiger partial charge in [0.1, 0.15) is 18.3 Å². The van der Waals surface area contributed by atoms with Crippen LogP contribution in [0.2, 0.25) is 0 Å². The van der Waals surface area contributed by atoms with Crippen molar-refractivity contribution in [3.63, 3.8) is 0 Å². The largest absolute Gasteiger partial charge is 0.383 e. The van der Waals surface area contributed by atoms with Crippen molar-refractivity contribution in [2.45, 2.75) is 54.9 Å². The number of hydrogen-bond acceptors (Lipinski definition) is 10. The Labute approximate surface area is 217 Å². The van der Waals surface area contributed by atoms with Crippen LogP contribution >= 0.6 is 0 Å². The number of rotatable bonds is 15. The molecule has 0 aliphatic heterocycles. The first-order chi connectivity index (χ1) is 17.7. The zero-order valence-electron chi connectivity index (χ0n) is 20.9. The van der Waals surface area contributed by atoms with E-state index in [0.29, 0.717) is 38.9 Å². The Morgan fingerprint density at radius 3 is 1.08 bits per heavy atom. The van der Waals surface area contributed by atoms with Crippen LogP contribution in [0.3, 0.4) is 0 Å². The summed E-state index contributed by atoms with van der Waals surface area (Å²) >= 11 is 0. The van der Waals surface area contributed by atoms with E-state index in [2.05, 4.69) is 4.90 Å². The molecule has 3 aliphatic rings. The van der Waals surface area contributed by atoms with Crippen LogP contribution in [0.15, 0.2) is 72.9 Å². The molecule has 0 amide bonds. The third-order valence-electron chi connectivity index (χ3n) is 6.35. The minimum atomic E-state index is -1.75. The normalized spacial score (nSPS) is 34.6. The molecule has 0 saturated heterocycles. The molecule has 6 atom stereocenters. The van der Waals surface area contributed by atoms with Crippen LogP contribution in [-0.4, -0.2) is 111 Å². The zero-order valence-corrected chi connectivity index (χ0v) is 20.9. The maximum Gasteiger partial charge on any atom is 0.216 e. The molecule has 0 heterocycles. The van der Waals surface area contributed by atoms with Crippen LogP contribution in [0.1, 0.15) is 19.3 Å². The maximum absolute atomic E-state index is 10.4. The molecule has 0 aromatic carbocycles. The van der Waals surface area contributed by atoms with Crippen molar-refractivity contribution in [3.05, 3.63) is 72.9 Å². The van der Waals surface area contributed by atoms with E-state index in [-0.39, 0.29) is 19.8 Å². The molecule has 10 heteroatoms. The first kappa shape index (κ1) is 29.6. The highest BCUT2D eigenvalue weighted by atomic mass is 16.6. The number of aliphatic hydroxyl groups excluding tert-OH is 3. The number of nitrogens with zero attached hydrogens (tertiary/aromatic N) is 1. The van der Waals surface area contributed by atoms with Gasteiger partial charge in [0, 0.05) is 19.6 Å². The van der Waals surface area contributed by atoms with Crippen molar-refractivity contribution in [1.29, 1.82) is 0 Å². The van der Waals surface area contributed by atoms with E-state index in [0.717, 1.165) is 0 Å². The third kappa shape index (κ3) is 8.52. The molecular formula is C27H39NO9. The molecule has 0 spiro atoms. The lowest BCUT2D eigenvalue weighted by Crippen LogP contribution is -2.44. The molecule has 6 N–H and O–H groups in total. The molecule has 0 fully saturated rings. The van der Waals surface area contributed by atoms with E-state index < -0.39 is 35.7 Å². The fourth-order valence-electron chi connectivity index (χ4n) is 4.11. The van der Waals surface area contributed by atoms with E-state index in [9.17, 15) is 30.6 Å². The molecule has 10 nitrogen and oxygen atoms in total. The summed E-state index contributed by atoms with van der Waals surface area (Å²) in [5.41, 5.74) is 0. The Kier molecular flexibility index (Phi) is 11.0. The van der Waals surface area contributed by atoms with Crippen LogP contribution in [0, 0.1) is 0 Å². The van der Waals surface area contributed by atoms with E-state index in [1.807, 2.05) is 0 Å². The fourth-order valence-corrected chi connectivity index (χ4v) is 4.11. The SMILES string of the molecule is OC1C=CC=CC1(O)OCCCN(CCCOC1(O)C=CC=CC1O)CCCOC1(O)C=CC=CC1O. The van der Waals surface area contributed by atoms with Gasteiger partial charge in [0.15, 0.2) is 0 Å². The molecule has 206 valence electrons. The van der Waals surface area contributed by atoms with Crippen LogP contribution in [0.25, 0.3) is 0 Å². The standard InChI is InChI=1S/C27H39NO9/c29-22-10-1-4-13-25(22,32)35-19-7-16-28(17-8-20-36-26(33)14-5-2-11-23(26)30)18-9-21-37-27(34)15-6-3-12-24(27)31/h1-6,10-15,22-24,29-34H,7-9,16-21H2. The van der Waals surface area contributed by atoms with Crippen molar-refractivity contribution in [2.24, 2.45) is 0 Å². The summed E-state index contributed by atoms with van der Waals surface area (Å²) in [4.78, 5) is 2.13. The summed E-state index contributed by atoms with van der Waals surface area (Å²) in [7, 11) is 0. The Bertz CT molecular complexity index is 786. The van der Waals surface area contributed by atoms with Crippen molar-refractivity contribution >= 4 is 0 Å². The van der Waals surface area contributed by atoms with Gasteiger partial charge in [-0.3, -0.25) is 0 Å². The second-order valence-corrected chi connectivity index (χ2v) is 9.27. The Morgan fingerprint density at radius 2 is 0.811 bits per heavy atom. The van der Waals surface area contributed by atoms with Gasteiger partial charge < -0.3 is 49.7 Å². The number of aliphatic hydroxyl groups is 6. The highest BCUT2D eigenvalue weighted by molar-refractivity contribution is 5.21. The lowest BCUT2D eigenvalue weighted by atomic mass is 10.0. The van der Waals surface area contributed by atoms with Crippen molar-refractivity contribution < 1.29 is 44.8 Å². The molecule has 6 unspecified atom stereocenters. The Balaban J connectivity index is 1.44. The molecular weight excluding hydrogens is 482 g/mol. The molecule has 0 aromatic rings. The highest BCUT2D eigenvalue weighted by Crippen LogP contribution is 2.22. The molecule has 0 bridgehead atoms. The summed E-state index contributed by atoms with van der Waals surface area (Å²) in [5.74, 6) is -5.26. The van der Waals surface area contributed by atoms with Crippen LogP contribution in [0.4, 0.5) is 0 Å². The topological polar surface area (TPSA) is 152 Å². The smallest absolute Gasteiger partial charge is 0.216 e. The Morgan fingerprint density at radius 1 is 0.514 bits per heavy atom. The molecule has 0 aromatic heterocycles. The number of hydrogen-bond donors (Lipinski definition) is 6. The van der Waals surface area contributed by atoms with Crippen molar-refractivity contribution in [1.82, 2.24) is 4.90 Å². The van der Waals surface area contributed by atoms with Crippen molar-refractivity contribution in [2.75, 3.05) is 39.5 Å². The zero-order chi connectivity index (χ0) is 26.8. The van der Waals surface area contributed by atoms with Gasteiger partial charge in [0.2, 0.25) is 17.4 Å². The van der Waals surface area contributed by atoms with Crippen LogP contribution < -0.4 is 0 Å². The second kappa shape index (κ2) is 13.7. The van der Waals surface area contributed by atoms with Crippen LogP contribution in [-0.2, 0) is 14.2 Å². The van der Waals surface area contributed by atoms with E-state index >= 15 is 0 Å². The average molecular weight is 522 g/mol. The summed E-state index contributed by atoms with van der Waals surface area (Å²) < 4.78 is 16.6. The van der Waals surface area contributed by atoms with Gasteiger partial charge in [-0.05, 0) is 37.5 Å². The van der Waals surface area contributed by atoms with Gasteiger partial charge in [0.05, 0.1) is 19.8 Å². The fraction of sp³-hybridized carbons (Fsp3) is 0.556. The first-order valence-electron chi connectivity index (χ1n) is 12.6. The quantitative estimate of drug-likeness (QED) is 0.129. The third-order valence-corrected chi connectivity index (χ3v) is 6.35. The molecule has 0 saturated carbocycles. The highest BCUT2D eigenvalue weighted by Gasteiger charge is 2.35. The number of ether oxygens (including phenoxy) is 3. The van der Waals surface area contributed by atoms with Gasteiger partial charge in [-0.15, -0.1) is 0 Å². The van der Waals surface area contributed by atoms with E-state index in [4.69, 9.17) is 14.2 Å². The summed E-state index contributed by atoms with van der Waals surface area (Å²) in [6, 6.07) is 0. The van der Waals surface area contributed by atoms with Crippen LogP contribution in [0.5, 0.6) is 0 Å². The van der Waals surface area contributed by atoms with E-state index in [1.54, 1.807) is 36.5 Å². The minimum absolute atomic E-state index is 0.210. The van der Waals surface area contributed by atoms with Crippen molar-refractivity contribution in [3.8, 4) is 0 Å². The summed E-state index contributed by atoms with van der Waals surface area (Å²) in [5, 5.41) is 61.2. The lowest BCUT2D eigenvalue weighted by molar-refractivity contribution is -0.214.